The van der Waals surface area contributed by atoms with Gasteiger partial charge >= 0.3 is 5.97 Å². The highest BCUT2D eigenvalue weighted by Crippen LogP contribution is 2.47. The molecule has 0 spiro atoms. The molecule has 20 heavy (non-hydrogen) atoms. The van der Waals surface area contributed by atoms with Gasteiger partial charge in [-0.15, -0.1) is 23.5 Å². The fourth-order valence-electron chi connectivity index (χ4n) is 2.18. The molecule has 1 fully saturated rings. The van der Waals surface area contributed by atoms with Crippen molar-refractivity contribution in [3.8, 4) is 0 Å². The monoisotopic (exact) mass is 332 g/mol. The molecule has 0 aliphatic carbocycles. The van der Waals surface area contributed by atoms with Gasteiger partial charge < -0.3 is 10.4 Å². The van der Waals surface area contributed by atoms with E-state index in [1.54, 1.807) is 0 Å². The Morgan fingerprint density at radius 1 is 1.60 bits per heavy atom. The number of carboxylic acid groups (broad SMARTS) is 1. The van der Waals surface area contributed by atoms with Gasteiger partial charge in [0, 0.05) is 11.4 Å². The molecule has 2 aliphatic heterocycles. The maximum atomic E-state index is 11.4. The summed E-state index contributed by atoms with van der Waals surface area (Å²) in [6.07, 6.45) is 4.90. The van der Waals surface area contributed by atoms with Gasteiger partial charge in [-0.25, -0.2) is 4.79 Å². The first kappa shape index (κ1) is 15.7. The van der Waals surface area contributed by atoms with Gasteiger partial charge in [0.1, 0.15) is 10.0 Å². The summed E-state index contributed by atoms with van der Waals surface area (Å²) in [6, 6.07) is 0. The Kier molecular flexibility index (Phi) is 5.34. The van der Waals surface area contributed by atoms with Crippen molar-refractivity contribution in [1.82, 2.24) is 10.2 Å². The van der Waals surface area contributed by atoms with E-state index in [9.17, 15) is 14.7 Å². The Bertz CT molecular complexity index is 479. The third-order valence-corrected chi connectivity index (χ3v) is 5.67. The van der Waals surface area contributed by atoms with Crippen LogP contribution in [-0.4, -0.2) is 44.4 Å². The molecule has 1 saturated heterocycles. The fraction of sp³-hybridized carbons (Fsp3) is 0.583. The molecule has 5 nitrogen and oxygen atoms in total. The molecule has 0 unspecified atom stereocenters. The first-order valence-corrected chi connectivity index (χ1v) is 8.83. The lowest BCUT2D eigenvalue weighted by Crippen LogP contribution is -2.48. The summed E-state index contributed by atoms with van der Waals surface area (Å²) >= 11 is 8.06. The second-order valence-corrected chi connectivity index (χ2v) is 7.25. The predicted octanol–water partition coefficient (Wildman–Crippen LogP) is 2.00. The third-order valence-electron chi connectivity index (χ3n) is 3.18. The van der Waals surface area contributed by atoms with Crippen LogP contribution in [0.25, 0.3) is 0 Å². The molecule has 0 aromatic heterocycles. The Labute approximate surface area is 131 Å². The van der Waals surface area contributed by atoms with Crippen LogP contribution >= 0.6 is 35.7 Å². The van der Waals surface area contributed by atoms with Crippen LogP contribution < -0.4 is 5.32 Å². The summed E-state index contributed by atoms with van der Waals surface area (Å²) in [7, 11) is 0. The van der Waals surface area contributed by atoms with Gasteiger partial charge in [-0.1, -0.05) is 12.2 Å². The molecular formula is C12H16N2O3S3. The van der Waals surface area contributed by atoms with Crippen molar-refractivity contribution in [3.63, 3.8) is 0 Å². The molecule has 1 amide bonds. The number of aliphatic carboxylic acids is 1. The molecule has 0 saturated carbocycles. The number of hydrogen-bond acceptors (Lipinski definition) is 5. The van der Waals surface area contributed by atoms with Gasteiger partial charge in [0.25, 0.3) is 0 Å². The number of rotatable bonds is 6. The van der Waals surface area contributed by atoms with Gasteiger partial charge in [0.15, 0.2) is 0 Å². The van der Waals surface area contributed by atoms with E-state index in [1.807, 2.05) is 6.26 Å². The van der Waals surface area contributed by atoms with Gasteiger partial charge in [0.05, 0.1) is 11.8 Å². The second kappa shape index (κ2) is 6.82. The molecule has 8 heteroatoms. The van der Waals surface area contributed by atoms with Gasteiger partial charge in [-0.05, 0) is 25.5 Å². The standard InChI is InChI=1S/C12H16N2O3S3/c1-19-12(18)13-5-3-2-4-7-10(11(16)17)14-8(15)6-9(14)20-7/h9H,2-6H2,1H3,(H,13,18)(H,16,17)/t9-/m1/s1. The number of carboxylic acids is 1. The van der Waals surface area contributed by atoms with Crippen molar-refractivity contribution >= 4 is 51.9 Å². The number of carbonyl (C=O) groups excluding carboxylic acids is 1. The van der Waals surface area contributed by atoms with Crippen LogP contribution in [-0.2, 0) is 9.59 Å². The van der Waals surface area contributed by atoms with Crippen LogP contribution in [0, 0.1) is 0 Å². The number of β-lactam (4-membered cyclic amide) rings is 1. The average molecular weight is 332 g/mol. The number of fused-ring (bicyclic) bond motifs is 1. The highest BCUT2D eigenvalue weighted by atomic mass is 32.2. The summed E-state index contributed by atoms with van der Waals surface area (Å²) in [4.78, 5) is 25.0. The topological polar surface area (TPSA) is 69.6 Å². The zero-order valence-corrected chi connectivity index (χ0v) is 13.5. The largest absolute Gasteiger partial charge is 0.477 e. The number of allylic oxidation sites excluding steroid dienone is 1. The van der Waals surface area contributed by atoms with Crippen molar-refractivity contribution in [3.05, 3.63) is 10.6 Å². The number of unbranched alkanes of at least 4 members (excludes halogenated alkanes) is 1. The highest BCUT2D eigenvalue weighted by molar-refractivity contribution is 8.22. The molecule has 2 aliphatic rings. The Balaban J connectivity index is 1.82. The Hall–Kier alpha value is -0.730. The van der Waals surface area contributed by atoms with Crippen molar-refractivity contribution in [1.29, 1.82) is 0 Å². The Morgan fingerprint density at radius 2 is 2.35 bits per heavy atom. The molecule has 1 atom stereocenters. The van der Waals surface area contributed by atoms with Crippen molar-refractivity contribution in [2.45, 2.75) is 31.1 Å². The number of carbonyl (C=O) groups is 2. The van der Waals surface area contributed by atoms with E-state index >= 15 is 0 Å². The van der Waals surface area contributed by atoms with Gasteiger partial charge in [-0.3, -0.25) is 9.69 Å². The smallest absolute Gasteiger partial charge is 0.353 e. The van der Waals surface area contributed by atoms with Crippen molar-refractivity contribution in [2.24, 2.45) is 0 Å². The minimum absolute atomic E-state index is 0.0193. The number of thioether (sulfide) groups is 2. The number of amides is 1. The first-order chi connectivity index (χ1) is 9.54. The molecular weight excluding hydrogens is 316 g/mol. The van der Waals surface area contributed by atoms with Crippen LogP contribution in [0.2, 0.25) is 0 Å². The fourth-order valence-corrected chi connectivity index (χ4v) is 3.97. The maximum absolute atomic E-state index is 11.4. The van der Waals surface area contributed by atoms with E-state index in [-0.39, 0.29) is 17.0 Å². The summed E-state index contributed by atoms with van der Waals surface area (Å²) < 4.78 is 0.778. The van der Waals surface area contributed by atoms with E-state index < -0.39 is 5.97 Å². The Morgan fingerprint density at radius 3 is 2.95 bits per heavy atom. The number of thiocarbonyl (C=S) groups is 1. The average Bonchev–Trinajstić information content (AvgIpc) is 2.70. The minimum atomic E-state index is -0.996. The lowest BCUT2D eigenvalue weighted by molar-refractivity contribution is -0.145. The lowest BCUT2D eigenvalue weighted by atomic mass is 10.1. The summed E-state index contributed by atoms with van der Waals surface area (Å²) in [5.74, 6) is -1.08. The molecule has 0 radical (unpaired) electrons. The lowest BCUT2D eigenvalue weighted by Gasteiger charge is -2.33. The van der Waals surface area contributed by atoms with Crippen molar-refractivity contribution < 1.29 is 14.7 Å². The summed E-state index contributed by atoms with van der Waals surface area (Å²) in [5.41, 5.74) is 0.198. The zero-order valence-electron chi connectivity index (χ0n) is 11.0. The number of nitrogens with zero attached hydrogens (tertiary/aromatic N) is 1. The SMILES string of the molecule is CSC(=S)NCCCCC1=C(C(=O)O)N2C(=O)C[C@H]2S1. The maximum Gasteiger partial charge on any atom is 0.353 e. The van der Waals surface area contributed by atoms with Crippen LogP contribution in [0.1, 0.15) is 25.7 Å². The van der Waals surface area contributed by atoms with E-state index in [0.717, 1.165) is 28.6 Å². The number of hydrogen-bond donors (Lipinski definition) is 2. The summed E-state index contributed by atoms with van der Waals surface area (Å²) in [5, 5.41) is 12.4. The summed E-state index contributed by atoms with van der Waals surface area (Å²) in [6.45, 7) is 0.798. The molecule has 2 N–H and O–H groups in total. The van der Waals surface area contributed by atoms with Crippen LogP contribution in [0.15, 0.2) is 10.6 Å². The van der Waals surface area contributed by atoms with Gasteiger partial charge in [0.2, 0.25) is 5.91 Å². The normalized spacial score (nSPS) is 20.8. The van der Waals surface area contributed by atoms with Crippen LogP contribution in [0.5, 0.6) is 0 Å². The minimum Gasteiger partial charge on any atom is -0.477 e. The molecule has 0 bridgehead atoms. The molecule has 2 heterocycles. The van der Waals surface area contributed by atoms with Crippen LogP contribution in [0.4, 0.5) is 0 Å². The van der Waals surface area contributed by atoms with Gasteiger partial charge in [-0.2, -0.15) is 0 Å². The molecule has 0 aromatic carbocycles. The van der Waals surface area contributed by atoms with E-state index in [1.165, 1.54) is 28.4 Å². The van der Waals surface area contributed by atoms with E-state index in [0.29, 0.717) is 12.8 Å². The molecule has 110 valence electrons. The zero-order chi connectivity index (χ0) is 14.7. The van der Waals surface area contributed by atoms with Crippen molar-refractivity contribution in [2.75, 3.05) is 12.8 Å². The second-order valence-electron chi connectivity index (χ2n) is 4.49. The number of nitrogens with one attached hydrogen (secondary N) is 1. The molecule has 2 rings (SSSR count). The van der Waals surface area contributed by atoms with E-state index in [4.69, 9.17) is 12.2 Å². The van der Waals surface area contributed by atoms with E-state index in [2.05, 4.69) is 5.32 Å². The third kappa shape index (κ3) is 3.29. The highest BCUT2D eigenvalue weighted by Gasteiger charge is 2.47. The first-order valence-electron chi connectivity index (χ1n) is 6.31. The molecule has 0 aromatic rings. The quantitative estimate of drug-likeness (QED) is 0.438. The van der Waals surface area contributed by atoms with Crippen LogP contribution in [0.3, 0.4) is 0 Å². The predicted molar refractivity (Wildman–Crippen MR) is 85.5 cm³/mol.